The van der Waals surface area contributed by atoms with Gasteiger partial charge in [-0.1, -0.05) is 44.1 Å². The number of halogens is 1. The molecule has 3 rings (SSSR count). The summed E-state index contributed by atoms with van der Waals surface area (Å²) in [6.45, 7) is 4.52. The number of benzene rings is 2. The molecule has 2 aromatic carbocycles. The van der Waals surface area contributed by atoms with Crippen molar-refractivity contribution < 1.29 is 33.5 Å². The summed E-state index contributed by atoms with van der Waals surface area (Å²) < 4.78 is 26.0. The molecule has 0 aliphatic heterocycles. The standard InChI is InChI=1S/C25H28FN3O6/c1-4-20(34-21-8-6-5-7-18(21)22(32)14(2)3)25-28-23(29-35-25)15-9-10-17(19(26)11-15)24(33)27-16(12-30)13-31/h5-11,14,16,20,30-31H,4,12-13H2,1-3H3,(H,27,33)/t20-/m1/s1. The number of aromatic nitrogens is 2. The molecular formula is C25H28FN3O6. The number of nitrogens with zero attached hydrogens (tertiary/aromatic N) is 2. The Morgan fingerprint density at radius 2 is 1.83 bits per heavy atom. The van der Waals surface area contributed by atoms with Crippen LogP contribution in [0.2, 0.25) is 0 Å². The lowest BCUT2D eigenvalue weighted by molar-refractivity contribution is 0.0874. The van der Waals surface area contributed by atoms with Gasteiger partial charge in [0, 0.05) is 11.5 Å². The summed E-state index contributed by atoms with van der Waals surface area (Å²) in [5.74, 6) is -1.19. The van der Waals surface area contributed by atoms with Crippen LogP contribution in [0.5, 0.6) is 5.75 Å². The molecule has 1 atom stereocenters. The first-order valence-corrected chi connectivity index (χ1v) is 11.2. The van der Waals surface area contributed by atoms with Crippen LogP contribution in [0.15, 0.2) is 47.0 Å². The number of rotatable bonds is 11. The first-order chi connectivity index (χ1) is 16.8. The van der Waals surface area contributed by atoms with Crippen LogP contribution in [0.1, 0.15) is 59.9 Å². The zero-order valence-corrected chi connectivity index (χ0v) is 19.7. The average molecular weight is 486 g/mol. The summed E-state index contributed by atoms with van der Waals surface area (Å²) in [6.07, 6.45) is -0.169. The fourth-order valence-corrected chi connectivity index (χ4v) is 3.28. The molecular weight excluding hydrogens is 457 g/mol. The van der Waals surface area contributed by atoms with Crippen LogP contribution in [0.4, 0.5) is 4.39 Å². The maximum absolute atomic E-state index is 14.6. The minimum atomic E-state index is -0.895. The Labute approximate surface area is 201 Å². The zero-order chi connectivity index (χ0) is 25.5. The predicted molar refractivity (Wildman–Crippen MR) is 124 cm³/mol. The third-order valence-corrected chi connectivity index (χ3v) is 5.28. The quantitative estimate of drug-likeness (QED) is 0.352. The van der Waals surface area contributed by atoms with Crippen molar-refractivity contribution in [2.24, 2.45) is 5.92 Å². The van der Waals surface area contributed by atoms with Crippen molar-refractivity contribution in [1.29, 1.82) is 0 Å². The second kappa shape index (κ2) is 11.7. The third kappa shape index (κ3) is 6.09. The highest BCUT2D eigenvalue weighted by molar-refractivity contribution is 5.99. The van der Waals surface area contributed by atoms with E-state index in [2.05, 4.69) is 15.5 Å². The number of amides is 1. The van der Waals surface area contributed by atoms with Crippen LogP contribution in [0, 0.1) is 11.7 Å². The van der Waals surface area contributed by atoms with E-state index in [0.29, 0.717) is 17.7 Å². The van der Waals surface area contributed by atoms with Gasteiger partial charge in [0.1, 0.15) is 11.6 Å². The highest BCUT2D eigenvalue weighted by Gasteiger charge is 2.24. The maximum atomic E-state index is 14.6. The van der Waals surface area contributed by atoms with Gasteiger partial charge in [-0.3, -0.25) is 9.59 Å². The highest BCUT2D eigenvalue weighted by atomic mass is 19.1. The van der Waals surface area contributed by atoms with Gasteiger partial charge in [0.25, 0.3) is 11.8 Å². The molecule has 0 saturated heterocycles. The van der Waals surface area contributed by atoms with E-state index in [1.54, 1.807) is 24.3 Å². The minimum absolute atomic E-state index is 0.0504. The molecule has 1 amide bonds. The van der Waals surface area contributed by atoms with Gasteiger partial charge in [0.05, 0.1) is 30.4 Å². The summed E-state index contributed by atoms with van der Waals surface area (Å²) in [4.78, 5) is 29.1. The highest BCUT2D eigenvalue weighted by Crippen LogP contribution is 2.29. The molecule has 1 aromatic heterocycles. The summed E-state index contributed by atoms with van der Waals surface area (Å²) in [7, 11) is 0. The van der Waals surface area contributed by atoms with Crippen molar-refractivity contribution >= 4 is 11.7 Å². The van der Waals surface area contributed by atoms with E-state index in [-0.39, 0.29) is 34.5 Å². The van der Waals surface area contributed by atoms with E-state index in [4.69, 9.17) is 19.5 Å². The van der Waals surface area contributed by atoms with Gasteiger partial charge in [-0.05, 0) is 30.7 Å². The van der Waals surface area contributed by atoms with Crippen molar-refractivity contribution in [2.45, 2.75) is 39.3 Å². The summed E-state index contributed by atoms with van der Waals surface area (Å²) in [5.41, 5.74) is 0.479. The van der Waals surface area contributed by atoms with Gasteiger partial charge in [0.2, 0.25) is 5.82 Å². The number of carbonyl (C=O) groups excluding carboxylic acids is 2. The normalized spacial score (nSPS) is 12.1. The van der Waals surface area contributed by atoms with Crippen molar-refractivity contribution in [3.63, 3.8) is 0 Å². The van der Waals surface area contributed by atoms with Gasteiger partial charge in [0.15, 0.2) is 11.9 Å². The van der Waals surface area contributed by atoms with Crippen LogP contribution in [0.25, 0.3) is 11.4 Å². The van der Waals surface area contributed by atoms with E-state index in [1.165, 1.54) is 12.1 Å². The second-order valence-corrected chi connectivity index (χ2v) is 8.22. The maximum Gasteiger partial charge on any atom is 0.268 e. The van der Waals surface area contributed by atoms with Crippen LogP contribution in [-0.4, -0.2) is 51.3 Å². The largest absolute Gasteiger partial charge is 0.480 e. The van der Waals surface area contributed by atoms with Gasteiger partial charge >= 0.3 is 0 Å². The molecule has 0 unspecified atom stereocenters. The fraction of sp³-hybridized carbons (Fsp3) is 0.360. The summed E-state index contributed by atoms with van der Waals surface area (Å²) in [5, 5.41) is 24.4. The average Bonchev–Trinajstić information content (AvgIpc) is 3.35. The number of hydrogen-bond donors (Lipinski definition) is 3. The van der Waals surface area contributed by atoms with E-state index < -0.39 is 37.1 Å². The van der Waals surface area contributed by atoms with Crippen molar-refractivity contribution in [3.05, 3.63) is 65.3 Å². The first-order valence-electron chi connectivity index (χ1n) is 11.2. The zero-order valence-electron chi connectivity index (χ0n) is 19.7. The van der Waals surface area contributed by atoms with Crippen molar-refractivity contribution in [2.75, 3.05) is 13.2 Å². The molecule has 10 heteroatoms. The Bertz CT molecular complexity index is 1180. The lowest BCUT2D eigenvalue weighted by atomic mass is 10.0. The Hall–Kier alpha value is -3.63. The summed E-state index contributed by atoms with van der Waals surface area (Å²) >= 11 is 0. The smallest absolute Gasteiger partial charge is 0.268 e. The molecule has 0 aliphatic rings. The lowest BCUT2D eigenvalue weighted by Crippen LogP contribution is -2.40. The van der Waals surface area contributed by atoms with E-state index in [1.807, 2.05) is 20.8 Å². The molecule has 0 fully saturated rings. The molecule has 35 heavy (non-hydrogen) atoms. The number of aliphatic hydroxyl groups is 2. The number of hydrogen-bond acceptors (Lipinski definition) is 8. The number of ketones is 1. The lowest BCUT2D eigenvalue weighted by Gasteiger charge is -2.17. The Kier molecular flexibility index (Phi) is 8.67. The van der Waals surface area contributed by atoms with Crippen molar-refractivity contribution in [3.8, 4) is 17.1 Å². The van der Waals surface area contributed by atoms with Gasteiger partial charge in [-0.25, -0.2) is 4.39 Å². The second-order valence-electron chi connectivity index (χ2n) is 8.22. The molecule has 9 nitrogen and oxygen atoms in total. The molecule has 186 valence electrons. The fourth-order valence-electron chi connectivity index (χ4n) is 3.28. The first kappa shape index (κ1) is 26.0. The predicted octanol–water partition coefficient (Wildman–Crippen LogP) is 3.33. The monoisotopic (exact) mass is 485 g/mol. The Morgan fingerprint density at radius 3 is 2.46 bits per heavy atom. The summed E-state index contributed by atoms with van der Waals surface area (Å²) in [6, 6.07) is 9.84. The van der Waals surface area contributed by atoms with Gasteiger partial charge in [-0.2, -0.15) is 4.98 Å². The molecule has 0 spiro atoms. The van der Waals surface area contributed by atoms with Crippen molar-refractivity contribution in [1.82, 2.24) is 15.5 Å². The Balaban J connectivity index is 1.80. The number of Topliss-reactive ketones (excluding diaryl/α,β-unsaturated/α-hetero) is 1. The SMILES string of the molecule is CC[C@@H](Oc1ccccc1C(=O)C(C)C)c1nc(-c2ccc(C(=O)NC(CO)CO)c(F)c2)no1. The van der Waals surface area contributed by atoms with E-state index in [0.717, 1.165) is 6.07 Å². The Morgan fingerprint density at radius 1 is 1.11 bits per heavy atom. The van der Waals surface area contributed by atoms with E-state index >= 15 is 0 Å². The minimum Gasteiger partial charge on any atom is -0.480 e. The third-order valence-electron chi connectivity index (χ3n) is 5.28. The van der Waals surface area contributed by atoms with Gasteiger partial charge < -0.3 is 24.8 Å². The van der Waals surface area contributed by atoms with Gasteiger partial charge in [-0.15, -0.1) is 0 Å². The number of aliphatic hydroxyl groups excluding tert-OH is 2. The molecule has 0 aliphatic carbocycles. The molecule has 0 saturated carbocycles. The van der Waals surface area contributed by atoms with Crippen LogP contribution in [0.3, 0.4) is 0 Å². The van der Waals surface area contributed by atoms with E-state index in [9.17, 15) is 14.0 Å². The molecule has 1 heterocycles. The van der Waals surface area contributed by atoms with Crippen LogP contribution < -0.4 is 10.1 Å². The molecule has 3 N–H and O–H groups in total. The number of ether oxygens (including phenoxy) is 1. The number of carbonyl (C=O) groups is 2. The van der Waals surface area contributed by atoms with Crippen LogP contribution in [-0.2, 0) is 0 Å². The number of para-hydroxylation sites is 1. The van der Waals surface area contributed by atoms with Crippen LogP contribution >= 0.6 is 0 Å². The molecule has 0 bridgehead atoms. The number of nitrogens with one attached hydrogen (secondary N) is 1. The topological polar surface area (TPSA) is 135 Å². The molecule has 0 radical (unpaired) electrons. The molecule has 3 aromatic rings.